The summed E-state index contributed by atoms with van der Waals surface area (Å²) in [7, 11) is 0. The highest BCUT2D eigenvalue weighted by Crippen LogP contribution is 2.19. The number of hydrogen-bond acceptors (Lipinski definition) is 6. The van der Waals surface area contributed by atoms with E-state index in [2.05, 4.69) is 10.1 Å². The van der Waals surface area contributed by atoms with Crippen LogP contribution in [0.15, 0.2) is 53.9 Å². The highest BCUT2D eigenvalue weighted by molar-refractivity contribution is 5.78. The molecule has 8 heteroatoms. The van der Waals surface area contributed by atoms with Crippen LogP contribution in [0.5, 0.6) is 0 Å². The van der Waals surface area contributed by atoms with Crippen molar-refractivity contribution in [3.8, 4) is 0 Å². The highest BCUT2D eigenvalue weighted by Gasteiger charge is 2.29. The molecule has 23 heavy (non-hydrogen) atoms. The zero-order valence-corrected chi connectivity index (χ0v) is 12.2. The number of aromatic nitrogens is 1. The topological polar surface area (TPSA) is 74.9 Å². The van der Waals surface area contributed by atoms with Crippen LogP contribution in [0, 0.1) is 15.9 Å². The summed E-state index contributed by atoms with van der Waals surface area (Å²) in [6, 6.07) is 9.42. The molecule has 0 saturated heterocycles. The lowest BCUT2D eigenvalue weighted by Crippen LogP contribution is -2.45. The number of nitrogens with zero attached hydrogens (tertiary/aromatic N) is 5. The Balaban J connectivity index is 1.83. The molecule has 7 nitrogen and oxygen atoms in total. The fourth-order valence-electron chi connectivity index (χ4n) is 2.34. The molecule has 0 saturated carbocycles. The van der Waals surface area contributed by atoms with E-state index >= 15 is 0 Å². The van der Waals surface area contributed by atoms with Gasteiger partial charge in [-0.25, -0.2) is 4.39 Å². The van der Waals surface area contributed by atoms with Gasteiger partial charge in [-0.1, -0.05) is 6.07 Å². The first kappa shape index (κ1) is 15.0. The van der Waals surface area contributed by atoms with E-state index in [1.165, 1.54) is 17.1 Å². The number of nitro groups is 1. The van der Waals surface area contributed by atoms with E-state index in [1.54, 1.807) is 24.5 Å². The van der Waals surface area contributed by atoms with Crippen LogP contribution in [0.3, 0.4) is 0 Å². The third kappa shape index (κ3) is 3.67. The number of halogens is 1. The van der Waals surface area contributed by atoms with Crippen LogP contribution >= 0.6 is 0 Å². The van der Waals surface area contributed by atoms with Crippen molar-refractivity contribution in [1.29, 1.82) is 0 Å². The van der Waals surface area contributed by atoms with Gasteiger partial charge >= 0.3 is 5.84 Å². The van der Waals surface area contributed by atoms with Crippen molar-refractivity contribution in [2.24, 2.45) is 5.10 Å². The summed E-state index contributed by atoms with van der Waals surface area (Å²) in [6.07, 6.45) is 3.40. The van der Waals surface area contributed by atoms with Gasteiger partial charge in [-0.15, -0.1) is 0 Å². The Kier molecular flexibility index (Phi) is 4.24. The summed E-state index contributed by atoms with van der Waals surface area (Å²) in [6.45, 7) is 1.02. The molecular weight excluding hydrogens is 301 g/mol. The maximum Gasteiger partial charge on any atom is 0.378 e. The van der Waals surface area contributed by atoms with Crippen LogP contribution in [0.1, 0.15) is 5.56 Å². The predicted molar refractivity (Wildman–Crippen MR) is 82.8 cm³/mol. The third-order valence-electron chi connectivity index (χ3n) is 3.40. The molecule has 0 spiro atoms. The molecule has 118 valence electrons. The Hall–Kier alpha value is -2.87. The summed E-state index contributed by atoms with van der Waals surface area (Å²) in [5, 5.41) is 16.7. The van der Waals surface area contributed by atoms with Gasteiger partial charge in [-0.2, -0.15) is 5.01 Å². The van der Waals surface area contributed by atoms with Crippen molar-refractivity contribution >= 4 is 11.5 Å². The van der Waals surface area contributed by atoms with Gasteiger partial charge in [-0.05, 0) is 40.8 Å². The zero-order valence-electron chi connectivity index (χ0n) is 12.2. The van der Waals surface area contributed by atoms with Gasteiger partial charge in [0.25, 0.3) is 0 Å². The van der Waals surface area contributed by atoms with Crippen molar-refractivity contribution in [2.75, 3.05) is 18.2 Å². The minimum Gasteiger partial charge on any atom is -0.358 e. The van der Waals surface area contributed by atoms with Gasteiger partial charge in [0.1, 0.15) is 19.0 Å². The summed E-state index contributed by atoms with van der Waals surface area (Å²) in [5.41, 5.74) is 1.55. The van der Waals surface area contributed by atoms with Crippen LogP contribution < -0.4 is 5.01 Å². The average molecular weight is 315 g/mol. The molecule has 0 unspecified atom stereocenters. The van der Waals surface area contributed by atoms with E-state index in [0.717, 1.165) is 5.56 Å². The Morgan fingerprint density at radius 2 is 2.04 bits per heavy atom. The van der Waals surface area contributed by atoms with Crippen molar-refractivity contribution < 1.29 is 9.31 Å². The lowest BCUT2D eigenvalue weighted by atomic mass is 10.2. The Bertz CT molecular complexity index is 720. The number of amidine groups is 1. The van der Waals surface area contributed by atoms with E-state index in [9.17, 15) is 14.5 Å². The maximum atomic E-state index is 13.0. The number of anilines is 1. The monoisotopic (exact) mass is 315 g/mol. The van der Waals surface area contributed by atoms with Crippen molar-refractivity contribution in [3.63, 3.8) is 0 Å². The van der Waals surface area contributed by atoms with Gasteiger partial charge < -0.3 is 10.1 Å². The lowest BCUT2D eigenvalue weighted by molar-refractivity contribution is -0.354. The molecule has 0 bridgehead atoms. The molecule has 1 aromatic carbocycles. The Morgan fingerprint density at radius 3 is 2.70 bits per heavy atom. The number of pyridine rings is 1. The van der Waals surface area contributed by atoms with E-state index in [1.807, 2.05) is 17.0 Å². The summed E-state index contributed by atoms with van der Waals surface area (Å²) in [5.74, 6) is -0.513. The molecule has 3 rings (SSSR count). The molecule has 2 aromatic rings. The van der Waals surface area contributed by atoms with Gasteiger partial charge in [0.05, 0.1) is 10.8 Å². The summed E-state index contributed by atoms with van der Waals surface area (Å²) < 4.78 is 13.0. The minimum absolute atomic E-state index is 0.138. The zero-order chi connectivity index (χ0) is 16.2. The molecule has 0 N–H and O–H groups in total. The molecular formula is C15H14FN5O2. The highest BCUT2D eigenvalue weighted by atomic mass is 19.1. The second-order valence-electron chi connectivity index (χ2n) is 5.14. The third-order valence-corrected chi connectivity index (χ3v) is 3.40. The summed E-state index contributed by atoms with van der Waals surface area (Å²) in [4.78, 5) is 16.6. The molecule has 1 aliphatic rings. The second-order valence-corrected chi connectivity index (χ2v) is 5.14. The SMILES string of the molecule is O=[N+]([O-])C1=NN(c2ccc(F)cc2)CN(Cc2cccnc2)C1. The molecule has 0 atom stereocenters. The fourth-order valence-corrected chi connectivity index (χ4v) is 2.34. The number of rotatable bonds is 3. The molecule has 0 fully saturated rings. The first-order valence-electron chi connectivity index (χ1n) is 6.98. The second kappa shape index (κ2) is 6.49. The van der Waals surface area contributed by atoms with Crippen LogP contribution in [0.2, 0.25) is 0 Å². The smallest absolute Gasteiger partial charge is 0.358 e. The van der Waals surface area contributed by atoms with Crippen molar-refractivity contribution in [3.05, 3.63) is 70.3 Å². The maximum absolute atomic E-state index is 13.0. The van der Waals surface area contributed by atoms with E-state index in [0.29, 0.717) is 18.9 Å². The van der Waals surface area contributed by atoms with Crippen LogP contribution in [-0.2, 0) is 6.54 Å². The van der Waals surface area contributed by atoms with Crippen LogP contribution in [-0.4, -0.2) is 33.9 Å². The Labute approximate surface area is 131 Å². The van der Waals surface area contributed by atoms with Gasteiger partial charge in [0, 0.05) is 18.9 Å². The predicted octanol–water partition coefficient (Wildman–Crippen LogP) is 2.09. The molecule has 0 aliphatic carbocycles. The van der Waals surface area contributed by atoms with E-state index in [4.69, 9.17) is 0 Å². The molecule has 1 aliphatic heterocycles. The number of benzene rings is 1. The average Bonchev–Trinajstić information content (AvgIpc) is 2.56. The lowest BCUT2D eigenvalue weighted by Gasteiger charge is -2.28. The van der Waals surface area contributed by atoms with Crippen molar-refractivity contribution in [2.45, 2.75) is 6.54 Å². The van der Waals surface area contributed by atoms with Gasteiger partial charge in [-0.3, -0.25) is 9.88 Å². The van der Waals surface area contributed by atoms with Gasteiger partial charge in [0.15, 0.2) is 0 Å². The first-order chi connectivity index (χ1) is 11.1. The van der Waals surface area contributed by atoms with Crippen LogP contribution in [0.4, 0.5) is 10.1 Å². The standard InChI is InChI=1S/C15H14FN5O2/c16-13-3-5-14(6-4-13)20-11-19(10-15(18-20)21(22)23)9-12-2-1-7-17-8-12/h1-8H,9-11H2. The van der Waals surface area contributed by atoms with E-state index in [-0.39, 0.29) is 18.2 Å². The fraction of sp³-hybridized carbons (Fsp3) is 0.200. The number of hydrazone groups is 1. The molecule has 0 amide bonds. The van der Waals surface area contributed by atoms with Crippen LogP contribution in [0.25, 0.3) is 0 Å². The number of hydrogen-bond donors (Lipinski definition) is 0. The molecule has 0 radical (unpaired) electrons. The van der Waals surface area contributed by atoms with E-state index < -0.39 is 4.92 Å². The largest absolute Gasteiger partial charge is 0.378 e. The van der Waals surface area contributed by atoms with Crippen molar-refractivity contribution in [1.82, 2.24) is 9.88 Å². The first-order valence-corrected chi connectivity index (χ1v) is 6.98. The van der Waals surface area contributed by atoms with Gasteiger partial charge in [0.2, 0.25) is 0 Å². The Morgan fingerprint density at radius 1 is 1.26 bits per heavy atom. The molecule has 2 heterocycles. The normalized spacial score (nSPS) is 15.3. The summed E-state index contributed by atoms with van der Waals surface area (Å²) >= 11 is 0. The molecule has 1 aromatic heterocycles. The quantitative estimate of drug-likeness (QED) is 0.640. The minimum atomic E-state index is -0.494.